The van der Waals surface area contributed by atoms with E-state index < -0.39 is 73.2 Å². The Kier molecular flexibility index (Phi) is 10.5. The number of ketones is 1. The predicted molar refractivity (Wildman–Crippen MR) is 179 cm³/mol. The van der Waals surface area contributed by atoms with Gasteiger partial charge in [0.15, 0.2) is 9.84 Å². The van der Waals surface area contributed by atoms with Crippen molar-refractivity contribution in [2.75, 3.05) is 12.3 Å². The summed E-state index contributed by atoms with van der Waals surface area (Å²) < 4.78 is 25.6. The predicted octanol–water partition coefficient (Wildman–Crippen LogP) is 2.97. The Morgan fingerprint density at radius 1 is 0.894 bits per heavy atom. The summed E-state index contributed by atoms with van der Waals surface area (Å²) in [6.45, 7) is 12.9. The van der Waals surface area contributed by atoms with Crippen LogP contribution >= 0.6 is 0 Å². The molecule has 0 bridgehead atoms. The molecule has 4 atom stereocenters. The Morgan fingerprint density at radius 3 is 1.98 bits per heavy atom. The first-order valence-corrected chi connectivity index (χ1v) is 19.0. The molecule has 5 amide bonds. The monoisotopic (exact) mass is 679 g/mol. The van der Waals surface area contributed by atoms with Gasteiger partial charge in [-0.25, -0.2) is 13.2 Å². The van der Waals surface area contributed by atoms with Gasteiger partial charge < -0.3 is 26.6 Å². The molecule has 4 fully saturated rings. The number of sulfone groups is 1. The average molecular weight is 680 g/mol. The highest BCUT2D eigenvalue weighted by molar-refractivity contribution is 7.92. The number of nitrogens with one attached hydrogen (secondary N) is 3. The molecule has 0 aromatic rings. The maximum Gasteiger partial charge on any atom is 0.315 e. The molecule has 4 rings (SSSR count). The van der Waals surface area contributed by atoms with Gasteiger partial charge in [0.2, 0.25) is 17.6 Å². The molecule has 47 heavy (non-hydrogen) atoms. The van der Waals surface area contributed by atoms with Crippen LogP contribution in [0.1, 0.15) is 119 Å². The van der Waals surface area contributed by atoms with Crippen molar-refractivity contribution in [3.05, 3.63) is 0 Å². The average Bonchev–Trinajstić information content (AvgIpc) is 3.87. The zero-order valence-corrected chi connectivity index (χ0v) is 30.2. The van der Waals surface area contributed by atoms with Gasteiger partial charge >= 0.3 is 6.03 Å². The SMILES string of the molecule is CC1(C2CCN(C(=O)[C@@H](NC(=O)NC3(CS(=O)(=O)C(C)(C)C)CCCCC3)C(C)(C)C)C2C(=O)NC(CC2CC2)C(=O)C(N)=O)CC1. The van der Waals surface area contributed by atoms with Crippen LogP contribution in [-0.2, 0) is 29.0 Å². The zero-order chi connectivity index (χ0) is 35.2. The molecular formula is C34H57N5O7S. The third-order valence-corrected chi connectivity index (χ3v) is 13.8. The first-order chi connectivity index (χ1) is 21.6. The van der Waals surface area contributed by atoms with E-state index in [1.165, 1.54) is 4.90 Å². The zero-order valence-electron chi connectivity index (χ0n) is 29.4. The molecule has 13 heteroatoms. The van der Waals surface area contributed by atoms with E-state index in [2.05, 4.69) is 22.9 Å². The van der Waals surface area contributed by atoms with E-state index >= 15 is 0 Å². The van der Waals surface area contributed by atoms with Gasteiger partial charge in [-0.15, -0.1) is 0 Å². The van der Waals surface area contributed by atoms with Crippen molar-refractivity contribution in [2.24, 2.45) is 28.4 Å². The summed E-state index contributed by atoms with van der Waals surface area (Å²) >= 11 is 0. The van der Waals surface area contributed by atoms with Gasteiger partial charge in [0, 0.05) is 6.54 Å². The molecule has 4 aliphatic rings. The molecular weight excluding hydrogens is 622 g/mol. The van der Waals surface area contributed by atoms with Gasteiger partial charge in [0.25, 0.3) is 5.91 Å². The van der Waals surface area contributed by atoms with Crippen LogP contribution in [0.4, 0.5) is 4.79 Å². The van der Waals surface area contributed by atoms with Gasteiger partial charge in [-0.3, -0.25) is 19.2 Å². The lowest BCUT2D eigenvalue weighted by atomic mass is 9.82. The molecule has 266 valence electrons. The number of rotatable bonds is 12. The number of urea groups is 1. The number of nitrogens with zero attached hydrogens (tertiary/aromatic N) is 1. The molecule has 12 nitrogen and oxygen atoms in total. The van der Waals surface area contributed by atoms with Crippen LogP contribution in [0.25, 0.3) is 0 Å². The van der Waals surface area contributed by atoms with E-state index in [9.17, 15) is 32.4 Å². The van der Waals surface area contributed by atoms with Crippen LogP contribution in [0.15, 0.2) is 0 Å². The minimum atomic E-state index is -3.56. The Balaban J connectivity index is 1.57. The summed E-state index contributed by atoms with van der Waals surface area (Å²) in [7, 11) is -3.56. The molecule has 0 aromatic heterocycles. The molecule has 0 aromatic carbocycles. The minimum absolute atomic E-state index is 0.134. The maximum atomic E-state index is 14.4. The van der Waals surface area contributed by atoms with Crippen molar-refractivity contribution in [3.63, 3.8) is 0 Å². The molecule has 5 N–H and O–H groups in total. The Morgan fingerprint density at radius 2 is 1.49 bits per heavy atom. The molecule has 1 saturated heterocycles. The van der Waals surface area contributed by atoms with Crippen LogP contribution in [0.3, 0.4) is 0 Å². The largest absolute Gasteiger partial charge is 0.363 e. The van der Waals surface area contributed by atoms with Gasteiger partial charge in [0.05, 0.1) is 22.1 Å². The second-order valence-corrected chi connectivity index (χ2v) is 19.8. The van der Waals surface area contributed by atoms with E-state index in [0.717, 1.165) is 44.9 Å². The number of carbonyl (C=O) groups is 5. The standard InChI is InChI=1S/C34H57N5O7S/c1-31(2,3)26(37-30(44)38-34(14-9-8-10-15-34)20-47(45,46)32(4,5)6)29(43)39-18-13-22(33(7)16-17-33)24(39)28(42)36-23(19-21-11-12-21)25(40)27(35)41/h21-24,26H,8-20H2,1-7H3,(H2,35,41)(H,36,42)(H2,37,38,44)/t22?,23?,24?,26-/m1/s1. The minimum Gasteiger partial charge on any atom is -0.363 e. The first kappa shape index (κ1) is 37.1. The highest BCUT2D eigenvalue weighted by Crippen LogP contribution is 2.56. The summed E-state index contributed by atoms with van der Waals surface area (Å²) in [6, 6.07) is -3.57. The molecule has 1 heterocycles. The lowest BCUT2D eigenvalue weighted by Gasteiger charge is -2.41. The van der Waals surface area contributed by atoms with E-state index in [-0.39, 0.29) is 23.0 Å². The molecule has 3 unspecified atom stereocenters. The second kappa shape index (κ2) is 13.3. The van der Waals surface area contributed by atoms with Crippen molar-refractivity contribution in [3.8, 4) is 0 Å². The van der Waals surface area contributed by atoms with Gasteiger partial charge in [-0.2, -0.15) is 0 Å². The lowest BCUT2D eigenvalue weighted by molar-refractivity contribution is -0.144. The fourth-order valence-corrected chi connectivity index (χ4v) is 8.87. The smallest absolute Gasteiger partial charge is 0.315 e. The molecule has 0 radical (unpaired) electrons. The number of hydrogen-bond acceptors (Lipinski definition) is 7. The number of primary amides is 1. The van der Waals surface area contributed by atoms with Crippen LogP contribution in [0, 0.1) is 22.7 Å². The third kappa shape index (κ3) is 8.67. The highest BCUT2D eigenvalue weighted by Gasteiger charge is 2.56. The van der Waals surface area contributed by atoms with Crippen LogP contribution in [0.5, 0.6) is 0 Å². The number of Topliss-reactive ketones (excluding diaryl/α,β-unsaturated/α-hetero) is 1. The topological polar surface area (TPSA) is 185 Å². The van der Waals surface area contributed by atoms with Crippen molar-refractivity contribution in [2.45, 2.75) is 148 Å². The van der Waals surface area contributed by atoms with E-state index in [1.54, 1.807) is 20.8 Å². The molecule has 3 aliphatic carbocycles. The first-order valence-electron chi connectivity index (χ1n) is 17.3. The van der Waals surface area contributed by atoms with E-state index in [0.29, 0.717) is 32.2 Å². The second-order valence-electron chi connectivity index (χ2n) is 17.1. The Bertz CT molecular complexity index is 1350. The summed E-state index contributed by atoms with van der Waals surface area (Å²) in [6.07, 6.45) is 8.14. The normalized spacial score (nSPS) is 25.3. The number of hydrogen-bond donors (Lipinski definition) is 4. The number of nitrogens with two attached hydrogens (primary N) is 1. The van der Waals surface area contributed by atoms with Crippen molar-refractivity contribution < 1.29 is 32.4 Å². The van der Waals surface area contributed by atoms with Crippen LogP contribution < -0.4 is 21.7 Å². The van der Waals surface area contributed by atoms with Crippen molar-refractivity contribution in [1.29, 1.82) is 0 Å². The van der Waals surface area contributed by atoms with Gasteiger partial charge in [-0.1, -0.05) is 59.8 Å². The number of amides is 5. The Labute approximate surface area is 280 Å². The quantitative estimate of drug-likeness (QED) is 0.229. The number of likely N-dealkylation sites (tertiary alicyclic amines) is 1. The lowest BCUT2D eigenvalue weighted by Crippen LogP contribution is -2.64. The third-order valence-electron chi connectivity index (χ3n) is 11.0. The van der Waals surface area contributed by atoms with E-state index in [4.69, 9.17) is 5.73 Å². The van der Waals surface area contributed by atoms with Crippen LogP contribution in [0.2, 0.25) is 0 Å². The molecule has 0 spiro atoms. The number of carbonyl (C=O) groups excluding carboxylic acids is 5. The van der Waals surface area contributed by atoms with E-state index in [1.807, 2.05) is 20.8 Å². The van der Waals surface area contributed by atoms with Crippen LogP contribution in [-0.4, -0.2) is 83.6 Å². The fraction of sp³-hybridized carbons (Fsp3) is 0.853. The maximum absolute atomic E-state index is 14.4. The van der Waals surface area contributed by atoms with Gasteiger partial charge in [-0.05, 0) is 82.0 Å². The summed E-state index contributed by atoms with van der Waals surface area (Å²) in [4.78, 5) is 68.2. The summed E-state index contributed by atoms with van der Waals surface area (Å²) in [5.74, 6) is -2.95. The molecule has 1 aliphatic heterocycles. The van der Waals surface area contributed by atoms with Crippen molar-refractivity contribution >= 4 is 39.4 Å². The van der Waals surface area contributed by atoms with Gasteiger partial charge in [0.1, 0.15) is 12.1 Å². The molecule has 3 saturated carbocycles. The summed E-state index contributed by atoms with van der Waals surface area (Å²) in [5, 5.41) is 8.68. The Hall–Kier alpha value is -2.70. The summed E-state index contributed by atoms with van der Waals surface area (Å²) in [5.41, 5.74) is 3.48. The fourth-order valence-electron chi connectivity index (χ4n) is 7.35. The highest BCUT2D eigenvalue weighted by atomic mass is 32.2. The van der Waals surface area contributed by atoms with Crippen molar-refractivity contribution in [1.82, 2.24) is 20.9 Å².